The van der Waals surface area contributed by atoms with E-state index in [9.17, 15) is 4.79 Å². The fourth-order valence-corrected chi connectivity index (χ4v) is 4.17. The number of anilines is 1. The molecule has 4 rings (SSSR count). The van der Waals surface area contributed by atoms with Crippen LogP contribution in [-0.2, 0) is 4.79 Å². The molecule has 0 spiro atoms. The monoisotopic (exact) mass is 450 g/mol. The Morgan fingerprint density at radius 2 is 1.91 bits per heavy atom. The van der Waals surface area contributed by atoms with Gasteiger partial charge in [-0.25, -0.2) is 0 Å². The van der Waals surface area contributed by atoms with Gasteiger partial charge in [0.2, 0.25) is 23.2 Å². The molecule has 2 aromatic carbocycles. The third kappa shape index (κ3) is 4.41. The number of para-hydroxylation sites is 1. The highest BCUT2D eigenvalue weighted by atomic mass is 32.2. The Labute approximate surface area is 192 Å². The highest BCUT2D eigenvalue weighted by molar-refractivity contribution is 7.99. The minimum absolute atomic E-state index is 0.0616. The first-order valence-electron chi connectivity index (χ1n) is 10.6. The fraction of sp³-hybridized carbons (Fsp3) is 0.333. The molecule has 1 amide bonds. The maximum Gasteiger partial charge on any atom is 0.247 e. The van der Waals surface area contributed by atoms with E-state index >= 15 is 0 Å². The van der Waals surface area contributed by atoms with Crippen molar-refractivity contribution < 1.29 is 14.3 Å². The Morgan fingerprint density at radius 3 is 2.59 bits per heavy atom. The standard InChI is InChI=1S/C24H26N4O3S/c1-5-20(29)28-19-9-7-6-8-18(19)21-22(25-24(27-26-21)32-14-15(2)3)31-23(28)16-10-12-17(30-4)13-11-16/h6-13,15,23H,5,14H2,1-4H3/t23-/m1/s1. The van der Waals surface area contributed by atoms with E-state index in [1.54, 1.807) is 23.8 Å². The maximum atomic E-state index is 13.1. The topological polar surface area (TPSA) is 77.4 Å². The van der Waals surface area contributed by atoms with Crippen LogP contribution in [-0.4, -0.2) is 34.0 Å². The third-order valence-electron chi connectivity index (χ3n) is 5.03. The second kappa shape index (κ2) is 9.56. The summed E-state index contributed by atoms with van der Waals surface area (Å²) in [5.74, 6) is 2.40. The third-order valence-corrected chi connectivity index (χ3v) is 6.29. The van der Waals surface area contributed by atoms with Crippen LogP contribution in [0, 0.1) is 5.92 Å². The van der Waals surface area contributed by atoms with Gasteiger partial charge >= 0.3 is 0 Å². The van der Waals surface area contributed by atoms with Gasteiger partial charge < -0.3 is 9.47 Å². The molecule has 0 bridgehead atoms. The molecule has 0 N–H and O–H groups in total. The van der Waals surface area contributed by atoms with Crippen molar-refractivity contribution in [1.82, 2.24) is 15.2 Å². The Bertz CT molecular complexity index is 1100. The summed E-state index contributed by atoms with van der Waals surface area (Å²) in [7, 11) is 1.62. The van der Waals surface area contributed by atoms with Crippen molar-refractivity contribution in [3.63, 3.8) is 0 Å². The van der Waals surface area contributed by atoms with Crippen molar-refractivity contribution in [1.29, 1.82) is 0 Å². The van der Waals surface area contributed by atoms with Gasteiger partial charge in [-0.3, -0.25) is 9.69 Å². The molecule has 8 heteroatoms. The summed E-state index contributed by atoms with van der Waals surface area (Å²) in [4.78, 5) is 19.5. The molecule has 0 aliphatic carbocycles. The Hall–Kier alpha value is -3.13. The summed E-state index contributed by atoms with van der Waals surface area (Å²) in [5.41, 5.74) is 2.82. The lowest BCUT2D eigenvalue weighted by atomic mass is 10.1. The molecule has 0 radical (unpaired) electrons. The van der Waals surface area contributed by atoms with Gasteiger partial charge in [0, 0.05) is 23.3 Å². The Morgan fingerprint density at radius 1 is 1.16 bits per heavy atom. The SMILES string of the molecule is CCC(=O)N1c2ccccc2-c2nnc(SCC(C)C)nc2O[C@@H]1c1ccc(OC)cc1. The van der Waals surface area contributed by atoms with Crippen molar-refractivity contribution >= 4 is 23.4 Å². The minimum Gasteiger partial charge on any atom is -0.497 e. The normalized spacial score (nSPS) is 14.9. The van der Waals surface area contributed by atoms with Crippen molar-refractivity contribution in [2.24, 2.45) is 5.92 Å². The van der Waals surface area contributed by atoms with Gasteiger partial charge in [0.05, 0.1) is 12.8 Å². The average molecular weight is 451 g/mol. The maximum absolute atomic E-state index is 13.1. The summed E-state index contributed by atoms with van der Waals surface area (Å²) in [6.45, 7) is 6.13. The van der Waals surface area contributed by atoms with E-state index in [1.165, 1.54) is 0 Å². The summed E-state index contributed by atoms with van der Waals surface area (Å²) >= 11 is 1.54. The van der Waals surface area contributed by atoms with Crippen molar-refractivity contribution in [3.8, 4) is 22.9 Å². The molecule has 7 nitrogen and oxygen atoms in total. The predicted octanol–water partition coefficient (Wildman–Crippen LogP) is 5.13. The molecule has 3 aromatic rings. The first kappa shape index (κ1) is 22.1. The van der Waals surface area contributed by atoms with E-state index in [0.717, 1.165) is 28.3 Å². The van der Waals surface area contributed by atoms with Gasteiger partial charge in [-0.2, -0.15) is 4.98 Å². The summed E-state index contributed by atoms with van der Waals surface area (Å²) in [5, 5.41) is 9.33. The van der Waals surface area contributed by atoms with Crippen LogP contribution in [0.2, 0.25) is 0 Å². The summed E-state index contributed by atoms with van der Waals surface area (Å²) < 4.78 is 11.7. The van der Waals surface area contributed by atoms with E-state index < -0.39 is 6.23 Å². The van der Waals surface area contributed by atoms with Crippen LogP contribution < -0.4 is 14.4 Å². The Kier molecular flexibility index (Phi) is 6.60. The number of hydrogen-bond acceptors (Lipinski definition) is 7. The number of nitrogens with zero attached hydrogens (tertiary/aromatic N) is 4. The second-order valence-electron chi connectivity index (χ2n) is 7.83. The number of aromatic nitrogens is 3. The Balaban J connectivity index is 1.86. The van der Waals surface area contributed by atoms with E-state index in [4.69, 9.17) is 9.47 Å². The van der Waals surface area contributed by atoms with Crippen LogP contribution in [0.5, 0.6) is 11.6 Å². The highest BCUT2D eigenvalue weighted by Gasteiger charge is 2.35. The molecule has 32 heavy (non-hydrogen) atoms. The van der Waals surface area contributed by atoms with Crippen molar-refractivity contribution in [3.05, 3.63) is 54.1 Å². The van der Waals surface area contributed by atoms with Gasteiger partial charge in [-0.15, -0.1) is 10.2 Å². The number of methoxy groups -OCH3 is 1. The molecule has 166 valence electrons. The largest absolute Gasteiger partial charge is 0.497 e. The lowest BCUT2D eigenvalue weighted by Crippen LogP contribution is -2.37. The smallest absolute Gasteiger partial charge is 0.247 e. The molecule has 1 aliphatic heterocycles. The number of ether oxygens (including phenoxy) is 2. The average Bonchev–Trinajstić information content (AvgIpc) is 2.96. The molecule has 1 aromatic heterocycles. The van der Waals surface area contributed by atoms with E-state index in [1.807, 2.05) is 55.5 Å². The quantitative estimate of drug-likeness (QED) is 0.482. The van der Waals surface area contributed by atoms with Gasteiger partial charge in [0.25, 0.3) is 0 Å². The molecular weight excluding hydrogens is 424 g/mol. The number of thioether (sulfide) groups is 1. The molecule has 0 fully saturated rings. The first-order valence-corrected chi connectivity index (χ1v) is 11.6. The number of carbonyl (C=O) groups is 1. The first-order chi connectivity index (χ1) is 15.5. The molecule has 0 saturated heterocycles. The number of amides is 1. The number of benzene rings is 2. The van der Waals surface area contributed by atoms with Gasteiger partial charge in [0.1, 0.15) is 5.75 Å². The molecule has 2 heterocycles. The molecular formula is C24H26N4O3S. The lowest BCUT2D eigenvalue weighted by molar-refractivity contribution is -0.120. The van der Waals surface area contributed by atoms with Crippen LogP contribution in [0.4, 0.5) is 5.69 Å². The molecule has 0 unspecified atom stereocenters. The van der Waals surface area contributed by atoms with E-state index in [-0.39, 0.29) is 5.91 Å². The lowest BCUT2D eigenvalue weighted by Gasteiger charge is -2.30. The van der Waals surface area contributed by atoms with Crippen molar-refractivity contribution in [2.75, 3.05) is 17.8 Å². The number of hydrogen-bond donors (Lipinski definition) is 0. The van der Waals surface area contributed by atoms with Gasteiger partial charge in [0.15, 0.2) is 5.69 Å². The minimum atomic E-state index is -0.699. The predicted molar refractivity (Wildman–Crippen MR) is 125 cm³/mol. The zero-order valence-corrected chi connectivity index (χ0v) is 19.4. The van der Waals surface area contributed by atoms with Crippen LogP contribution >= 0.6 is 11.8 Å². The number of carbonyl (C=O) groups excluding carboxylic acids is 1. The van der Waals surface area contributed by atoms with Crippen LogP contribution in [0.1, 0.15) is 39.0 Å². The highest BCUT2D eigenvalue weighted by Crippen LogP contribution is 2.43. The molecule has 1 aliphatic rings. The number of fused-ring (bicyclic) bond motifs is 3. The molecule has 0 saturated carbocycles. The van der Waals surface area contributed by atoms with Gasteiger partial charge in [-0.05, 0) is 36.2 Å². The van der Waals surface area contributed by atoms with E-state index in [0.29, 0.717) is 29.1 Å². The molecule has 1 atom stereocenters. The van der Waals surface area contributed by atoms with Crippen LogP contribution in [0.25, 0.3) is 11.3 Å². The van der Waals surface area contributed by atoms with Crippen LogP contribution in [0.15, 0.2) is 53.7 Å². The van der Waals surface area contributed by atoms with E-state index in [2.05, 4.69) is 29.0 Å². The second-order valence-corrected chi connectivity index (χ2v) is 8.82. The number of rotatable bonds is 6. The van der Waals surface area contributed by atoms with Crippen molar-refractivity contribution in [2.45, 2.75) is 38.6 Å². The summed E-state index contributed by atoms with van der Waals surface area (Å²) in [6, 6.07) is 15.1. The van der Waals surface area contributed by atoms with Gasteiger partial charge in [-0.1, -0.05) is 50.7 Å². The zero-order valence-electron chi connectivity index (χ0n) is 18.6. The zero-order chi connectivity index (χ0) is 22.7. The fourth-order valence-electron chi connectivity index (χ4n) is 3.44. The van der Waals surface area contributed by atoms with Crippen LogP contribution in [0.3, 0.4) is 0 Å². The summed E-state index contributed by atoms with van der Waals surface area (Å²) in [6.07, 6.45) is -0.370.